The van der Waals surface area contributed by atoms with Crippen LogP contribution in [0.3, 0.4) is 0 Å². The number of rotatable bonds is 6. The van der Waals surface area contributed by atoms with E-state index in [0.717, 1.165) is 0 Å². The molecule has 9 heteroatoms. The normalized spacial score (nSPS) is 10.8. The highest BCUT2D eigenvalue weighted by Crippen LogP contribution is 2.27. The summed E-state index contributed by atoms with van der Waals surface area (Å²) in [6.07, 6.45) is 0. The van der Waals surface area contributed by atoms with Crippen molar-refractivity contribution in [3.05, 3.63) is 102 Å². The number of benzene rings is 3. The number of hydrogen-bond donors (Lipinski definition) is 2. The topological polar surface area (TPSA) is 78.5 Å². The first-order chi connectivity index (χ1) is 15.2. The SMILES string of the molecule is C=C(C)N(c1ccccc1)S(=O)(=O)c1ccc(NC(=S)NC(=O)c2ccccc2Cl)cc1. The van der Waals surface area contributed by atoms with Crippen LogP contribution >= 0.6 is 23.8 Å². The first kappa shape index (κ1) is 23.5. The van der Waals surface area contributed by atoms with E-state index >= 15 is 0 Å². The third-order valence-electron chi connectivity index (χ3n) is 4.33. The number of halogens is 1. The zero-order chi connectivity index (χ0) is 23.3. The fraction of sp³-hybridized carbons (Fsp3) is 0.0435. The molecule has 0 aliphatic carbocycles. The standard InChI is InChI=1S/C23H20ClN3O3S2/c1-16(2)27(18-8-4-3-5-9-18)32(29,30)19-14-12-17(13-15-19)25-23(31)26-22(28)20-10-6-7-11-21(20)24/h3-15H,1H2,2H3,(H2,25,26,28,31). The van der Waals surface area contributed by atoms with Gasteiger partial charge in [0.25, 0.3) is 15.9 Å². The number of anilines is 2. The van der Waals surface area contributed by atoms with Gasteiger partial charge in [-0.1, -0.05) is 48.5 Å². The number of carbonyl (C=O) groups is 1. The van der Waals surface area contributed by atoms with Gasteiger partial charge in [0.1, 0.15) is 0 Å². The summed E-state index contributed by atoms with van der Waals surface area (Å²) in [5.41, 5.74) is 1.66. The van der Waals surface area contributed by atoms with Gasteiger partial charge in [0.05, 0.1) is 21.2 Å². The van der Waals surface area contributed by atoms with Gasteiger partial charge in [-0.25, -0.2) is 12.7 Å². The molecule has 0 unspecified atom stereocenters. The van der Waals surface area contributed by atoms with E-state index in [1.165, 1.54) is 16.4 Å². The number of sulfonamides is 1. The molecule has 0 atom stereocenters. The number of allylic oxidation sites excluding steroid dienone is 1. The molecule has 3 aromatic carbocycles. The Morgan fingerprint density at radius 3 is 2.16 bits per heavy atom. The van der Waals surface area contributed by atoms with Crippen LogP contribution in [0.15, 0.2) is 96.0 Å². The van der Waals surface area contributed by atoms with Crippen LogP contribution < -0.4 is 14.9 Å². The Bertz CT molecular complexity index is 1260. The molecule has 0 bridgehead atoms. The van der Waals surface area contributed by atoms with E-state index in [4.69, 9.17) is 23.8 Å². The fourth-order valence-corrected chi connectivity index (χ4v) is 4.85. The third kappa shape index (κ3) is 5.34. The largest absolute Gasteiger partial charge is 0.332 e. The summed E-state index contributed by atoms with van der Waals surface area (Å²) in [5.74, 6) is -0.452. The Kier molecular flexibility index (Phi) is 7.29. The van der Waals surface area contributed by atoms with Crippen LogP contribution in [-0.4, -0.2) is 19.4 Å². The van der Waals surface area contributed by atoms with E-state index < -0.39 is 15.9 Å². The Labute approximate surface area is 197 Å². The van der Waals surface area contributed by atoms with Crippen molar-refractivity contribution >= 4 is 56.2 Å². The maximum absolute atomic E-state index is 13.2. The van der Waals surface area contributed by atoms with Crippen molar-refractivity contribution in [3.63, 3.8) is 0 Å². The highest BCUT2D eigenvalue weighted by atomic mass is 35.5. The molecule has 0 radical (unpaired) electrons. The lowest BCUT2D eigenvalue weighted by atomic mass is 10.2. The number of para-hydroxylation sites is 1. The maximum atomic E-state index is 13.2. The molecule has 0 aliphatic heterocycles. The van der Waals surface area contributed by atoms with Crippen LogP contribution in [0.2, 0.25) is 5.02 Å². The summed E-state index contributed by atoms with van der Waals surface area (Å²) >= 11 is 11.2. The minimum absolute atomic E-state index is 0.0541. The first-order valence-corrected chi connectivity index (χ1v) is 11.7. The van der Waals surface area contributed by atoms with Gasteiger partial charge in [0.2, 0.25) is 0 Å². The maximum Gasteiger partial charge on any atom is 0.268 e. The van der Waals surface area contributed by atoms with Crippen molar-refractivity contribution in [3.8, 4) is 0 Å². The molecular weight excluding hydrogens is 466 g/mol. The van der Waals surface area contributed by atoms with Crippen LogP contribution in [0.1, 0.15) is 17.3 Å². The molecule has 0 aliphatic rings. The van der Waals surface area contributed by atoms with E-state index in [2.05, 4.69) is 17.2 Å². The van der Waals surface area contributed by atoms with Crippen molar-refractivity contribution in [2.24, 2.45) is 0 Å². The Morgan fingerprint density at radius 1 is 0.969 bits per heavy atom. The second-order valence-corrected chi connectivity index (χ2v) is 9.35. The molecule has 2 N–H and O–H groups in total. The third-order valence-corrected chi connectivity index (χ3v) is 6.74. The van der Waals surface area contributed by atoms with Crippen molar-refractivity contribution in [1.29, 1.82) is 0 Å². The van der Waals surface area contributed by atoms with Crippen LogP contribution in [0.25, 0.3) is 0 Å². The summed E-state index contributed by atoms with van der Waals surface area (Å²) in [7, 11) is -3.87. The summed E-state index contributed by atoms with van der Waals surface area (Å²) < 4.78 is 27.6. The first-order valence-electron chi connectivity index (χ1n) is 9.43. The second-order valence-electron chi connectivity index (χ2n) is 6.75. The van der Waals surface area contributed by atoms with Gasteiger partial charge in [-0.15, -0.1) is 0 Å². The monoisotopic (exact) mass is 485 g/mol. The Morgan fingerprint density at radius 2 is 1.56 bits per heavy atom. The van der Waals surface area contributed by atoms with Crippen LogP contribution in [0.4, 0.5) is 11.4 Å². The average Bonchev–Trinajstić information content (AvgIpc) is 2.74. The lowest BCUT2D eigenvalue weighted by Crippen LogP contribution is -2.34. The van der Waals surface area contributed by atoms with E-state index in [-0.39, 0.29) is 10.0 Å². The summed E-state index contributed by atoms with van der Waals surface area (Å²) in [4.78, 5) is 12.4. The highest BCUT2D eigenvalue weighted by molar-refractivity contribution is 7.93. The smallest absolute Gasteiger partial charge is 0.268 e. The molecule has 0 fully saturated rings. The molecule has 1 amide bonds. The number of nitrogens with one attached hydrogen (secondary N) is 2. The molecule has 3 aromatic rings. The van der Waals surface area contributed by atoms with Gasteiger partial charge in [0, 0.05) is 11.4 Å². The van der Waals surface area contributed by atoms with Crippen molar-refractivity contribution in [2.45, 2.75) is 11.8 Å². The highest BCUT2D eigenvalue weighted by Gasteiger charge is 2.25. The molecule has 0 aromatic heterocycles. The summed E-state index contributed by atoms with van der Waals surface area (Å²) in [6, 6.07) is 21.3. The van der Waals surface area contributed by atoms with E-state index in [9.17, 15) is 13.2 Å². The van der Waals surface area contributed by atoms with Crippen LogP contribution in [0, 0.1) is 0 Å². The molecule has 0 spiro atoms. The molecule has 0 saturated heterocycles. The minimum Gasteiger partial charge on any atom is -0.332 e. The number of amides is 1. The van der Waals surface area contributed by atoms with Crippen LogP contribution in [-0.2, 0) is 10.0 Å². The fourth-order valence-electron chi connectivity index (χ4n) is 2.92. The zero-order valence-electron chi connectivity index (χ0n) is 17.1. The Balaban J connectivity index is 1.74. The van der Waals surface area contributed by atoms with Gasteiger partial charge in [0.15, 0.2) is 5.11 Å². The van der Waals surface area contributed by atoms with E-state index in [0.29, 0.717) is 27.7 Å². The quantitative estimate of drug-likeness (QED) is 0.469. The predicted octanol–water partition coefficient (Wildman–Crippen LogP) is 5.20. The van der Waals surface area contributed by atoms with Gasteiger partial charge < -0.3 is 5.32 Å². The number of nitrogens with zero attached hydrogens (tertiary/aromatic N) is 1. The van der Waals surface area contributed by atoms with Gasteiger partial charge in [-0.05, 0) is 67.7 Å². The predicted molar refractivity (Wildman–Crippen MR) is 133 cm³/mol. The molecule has 32 heavy (non-hydrogen) atoms. The van der Waals surface area contributed by atoms with Gasteiger partial charge in [-0.3, -0.25) is 10.1 Å². The summed E-state index contributed by atoms with van der Waals surface area (Å²) in [6.45, 7) is 5.43. The van der Waals surface area contributed by atoms with Gasteiger partial charge >= 0.3 is 0 Å². The van der Waals surface area contributed by atoms with Crippen molar-refractivity contribution in [2.75, 3.05) is 9.62 Å². The Hall–Kier alpha value is -3.20. The number of hydrogen-bond acceptors (Lipinski definition) is 4. The number of carbonyl (C=O) groups excluding carboxylic acids is 1. The zero-order valence-corrected chi connectivity index (χ0v) is 19.5. The lowest BCUT2D eigenvalue weighted by Gasteiger charge is -2.24. The minimum atomic E-state index is -3.87. The van der Waals surface area contributed by atoms with E-state index in [1.54, 1.807) is 73.7 Å². The molecule has 0 saturated carbocycles. The molecule has 6 nitrogen and oxygen atoms in total. The summed E-state index contributed by atoms with van der Waals surface area (Å²) in [5, 5.41) is 5.76. The molecule has 0 heterocycles. The van der Waals surface area contributed by atoms with Crippen molar-refractivity contribution < 1.29 is 13.2 Å². The molecular formula is C23H20ClN3O3S2. The number of thiocarbonyl (C=S) groups is 1. The van der Waals surface area contributed by atoms with Crippen molar-refractivity contribution in [1.82, 2.24) is 5.32 Å². The van der Waals surface area contributed by atoms with E-state index in [1.807, 2.05) is 0 Å². The van der Waals surface area contributed by atoms with Crippen LogP contribution in [0.5, 0.6) is 0 Å². The lowest BCUT2D eigenvalue weighted by molar-refractivity contribution is 0.0978. The molecule has 164 valence electrons. The molecule has 3 rings (SSSR count). The van der Waals surface area contributed by atoms with Gasteiger partial charge in [-0.2, -0.15) is 0 Å². The second kappa shape index (κ2) is 9.95. The average molecular weight is 486 g/mol.